The van der Waals surface area contributed by atoms with Crippen LogP contribution in [0.1, 0.15) is 140 Å². The van der Waals surface area contributed by atoms with Crippen LogP contribution in [0.4, 0.5) is 31.1 Å². The molecular weight excluding hydrogens is 1690 g/mol. The Morgan fingerprint density at radius 3 is 0.773 bits per heavy atom. The first-order valence-corrected chi connectivity index (χ1v) is 46.5. The van der Waals surface area contributed by atoms with Crippen molar-refractivity contribution in [2.45, 2.75) is 209 Å². The van der Waals surface area contributed by atoms with Crippen LogP contribution in [0, 0.1) is 109 Å². The molecule has 3 heterocycles. The monoisotopic (exact) mass is 1800 g/mol. The Kier molecular flexibility index (Phi) is 32.9. The molecule has 3 aromatic heterocycles. The van der Waals surface area contributed by atoms with Gasteiger partial charge < -0.3 is 14.9 Å². The molecule has 0 amide bonds. The van der Waals surface area contributed by atoms with Crippen molar-refractivity contribution in [3.05, 3.63) is 325 Å². The van der Waals surface area contributed by atoms with Crippen molar-refractivity contribution in [3.63, 3.8) is 0 Å². The van der Waals surface area contributed by atoms with Gasteiger partial charge in [0.1, 0.15) is 30.5 Å². The van der Waals surface area contributed by atoms with E-state index in [1.165, 1.54) is 135 Å². The molecule has 24 heteroatoms. The van der Waals surface area contributed by atoms with Crippen molar-refractivity contribution in [1.82, 2.24) is 28.7 Å². The second-order valence-electron chi connectivity index (χ2n) is 34.9. The van der Waals surface area contributed by atoms with E-state index in [0.29, 0.717) is 69.5 Å². The van der Waals surface area contributed by atoms with Gasteiger partial charge in [0.2, 0.25) is 0 Å². The van der Waals surface area contributed by atoms with Crippen molar-refractivity contribution in [1.29, 1.82) is 0 Å². The molecule has 4 unspecified atom stereocenters. The van der Waals surface area contributed by atoms with Gasteiger partial charge in [0, 0.05) is 93.6 Å². The number of benzene rings is 9. The number of alkyl halides is 6. The highest BCUT2D eigenvalue weighted by molar-refractivity contribution is 7.97. The predicted octanol–water partition coefficient (Wildman–Crippen LogP) is 23.6. The summed E-state index contributed by atoms with van der Waals surface area (Å²) in [5.41, 5.74) is 11.7. The lowest BCUT2D eigenvalue weighted by molar-refractivity contribution is -0.180. The van der Waals surface area contributed by atoms with Gasteiger partial charge >= 0.3 is 41.6 Å². The summed E-state index contributed by atoms with van der Waals surface area (Å²) in [7, 11) is -0.118. The predicted molar refractivity (Wildman–Crippen MR) is 490 cm³/mol. The molecule has 20 rings (SSSR count). The Bertz CT molecular complexity index is 4900. The number of carboxylic acid groups (broad SMARTS) is 1. The van der Waals surface area contributed by atoms with E-state index >= 15 is 0 Å². The van der Waals surface area contributed by atoms with Crippen molar-refractivity contribution in [2.24, 2.45) is 46.3 Å². The molecule has 12 aromatic rings. The number of nitrogens with zero attached hydrogens (tertiary/aromatic N) is 6. The van der Waals surface area contributed by atoms with Crippen LogP contribution >= 0.6 is 0 Å². The number of carboxylic acids is 1. The molecule has 670 valence electrons. The molecule has 0 saturated heterocycles. The Labute approximate surface area is 755 Å². The van der Waals surface area contributed by atoms with E-state index in [-0.39, 0.29) is 68.0 Å². The van der Waals surface area contributed by atoms with Crippen LogP contribution in [0.2, 0.25) is 0 Å². The molecule has 8 aliphatic rings. The summed E-state index contributed by atoms with van der Waals surface area (Å²) in [6.45, 7) is 21.0. The highest BCUT2D eigenvalue weighted by Crippen LogP contribution is 2.60. The third kappa shape index (κ3) is 26.5. The maximum absolute atomic E-state index is 12.8. The molecule has 4 atom stereocenters. The van der Waals surface area contributed by atoms with Gasteiger partial charge in [-0.15, -0.1) is 0 Å². The van der Waals surface area contributed by atoms with Crippen molar-refractivity contribution in [3.8, 4) is 0 Å². The molecule has 0 aliphatic heterocycles. The number of esters is 1. The molecular formula is C104H113F6N6O9S3+3. The summed E-state index contributed by atoms with van der Waals surface area (Å²) in [5.74, 6) is -12.2. The number of ether oxygens (including phenoxy) is 1. The lowest BCUT2D eigenvalue weighted by Crippen LogP contribution is -2.53. The summed E-state index contributed by atoms with van der Waals surface area (Å²) in [6, 6.07) is 80.2. The third-order valence-electron chi connectivity index (χ3n) is 23.7. The van der Waals surface area contributed by atoms with Crippen molar-refractivity contribution >= 4 is 68.1 Å². The number of aromatic nitrogens is 6. The van der Waals surface area contributed by atoms with E-state index in [1.54, 1.807) is 24.8 Å². The number of halogens is 6. The van der Waals surface area contributed by atoms with Gasteiger partial charge in [-0.2, -0.15) is 26.3 Å². The van der Waals surface area contributed by atoms with Gasteiger partial charge in [0.05, 0.1) is 39.3 Å². The summed E-state index contributed by atoms with van der Waals surface area (Å²) >= 11 is 0. The van der Waals surface area contributed by atoms with Crippen molar-refractivity contribution < 1.29 is 70.1 Å². The fourth-order valence-corrected chi connectivity index (χ4v) is 23.4. The van der Waals surface area contributed by atoms with Crippen LogP contribution < -0.4 is 0 Å². The Morgan fingerprint density at radius 2 is 0.578 bits per heavy atom. The smallest absolute Gasteiger partial charge is 0.376 e. The number of carbonyl (C=O) groups excluding carboxylic acids is 5. The van der Waals surface area contributed by atoms with E-state index in [9.17, 15) is 60.2 Å². The molecule has 8 fully saturated rings. The van der Waals surface area contributed by atoms with Crippen LogP contribution in [-0.2, 0) is 56.6 Å². The standard InChI is InChI=1S/3C21H21S.C14H18F2O3.C11H16O2.C7H6N4O.C6H6F2N2O.C3H4F2O2/c3*1-16-4-10-19(11-5-16)22(20-12-6-17(2)7-13-20)21-14-8-18(3)9-15-21;1-13(15,16)12(18)19-7-14-4-8-2-9(5-14)11(17)10(3-8)6-14;12-6-11-3-7-1-8(4-11)10(13)9(2-7)5-11;12-7(10-3-1-8-5-10)11-4-2-9-6-11;1-6(7,8)5(11)10-3-2-9-4-10;1-3(4,5)2(6)7/h3*4-15H,1-3H3;8-10H,2-7H2,1H3;7-9,12H,1-6H2;1-6H;2-4H,1H3;1H3,(H,6,7)/q3*+1;;;;;. The second-order valence-corrected chi connectivity index (χ2v) is 41.0. The number of Topliss-reactive ketones (excluding diaryl/α,β-unsaturated/α-hetero) is 2. The first kappa shape index (κ1) is 97.4. The summed E-state index contributed by atoms with van der Waals surface area (Å²) < 4.78 is 81.0. The number of aryl methyl sites for hydroxylation is 9. The zero-order valence-electron chi connectivity index (χ0n) is 74.4. The maximum Gasteiger partial charge on any atom is 0.376 e. The first-order chi connectivity index (χ1) is 60.7. The molecule has 9 aromatic carbocycles. The Balaban J connectivity index is 0.000000145. The molecule has 15 nitrogen and oxygen atoms in total. The van der Waals surface area contributed by atoms with Crippen LogP contribution in [0.5, 0.6) is 0 Å². The molecule has 8 saturated carbocycles. The fourth-order valence-electron chi connectivity index (χ4n) is 17.3. The molecule has 2 N–H and O–H groups in total. The highest BCUT2D eigenvalue weighted by atomic mass is 32.2. The lowest BCUT2D eigenvalue weighted by Gasteiger charge is -2.55. The van der Waals surface area contributed by atoms with Gasteiger partial charge in [-0.25, -0.2) is 29.3 Å². The number of carbonyl (C=O) groups is 6. The zero-order valence-corrected chi connectivity index (χ0v) is 76.8. The fraction of sp³-hybridized carbons (Fsp3) is 0.337. The van der Waals surface area contributed by atoms with Gasteiger partial charge in [-0.3, -0.25) is 28.1 Å². The first-order valence-electron chi connectivity index (χ1n) is 42.8. The second kappa shape index (κ2) is 43.3. The minimum atomic E-state index is -3.58. The Hall–Kier alpha value is -11.2. The van der Waals surface area contributed by atoms with Crippen molar-refractivity contribution in [2.75, 3.05) is 13.2 Å². The number of aliphatic hydroxyl groups excluding tert-OH is 1. The number of imidazole rings is 3. The van der Waals surface area contributed by atoms with Gasteiger partial charge in [0.15, 0.2) is 44.1 Å². The normalized spacial score (nSPS) is 19.6. The lowest BCUT2D eigenvalue weighted by atomic mass is 9.49. The number of aliphatic carboxylic acids is 1. The SMILES string of the molecule is CC(F)(F)C(=O)O.CC(F)(F)C(=O)OCC12CC3CC(C1)C(=O)C(C3)C2.CC(F)(F)C(=O)n1ccnc1.Cc1ccc([S+](c2ccc(C)cc2)c2ccc(C)cc2)cc1.Cc1ccc([S+](c2ccc(C)cc2)c2ccc(C)cc2)cc1.Cc1ccc([S+](c2ccc(C)cc2)c2ccc(C)cc2)cc1.O=C(n1ccnc1)n1ccnc1.O=C1C2CC3CC1CC(CO)(C3)C2. The third-order valence-corrected chi connectivity index (χ3v) is 30.4. The zero-order chi connectivity index (χ0) is 92.4. The van der Waals surface area contributed by atoms with Gasteiger partial charge in [-0.05, 0) is 253 Å². The van der Waals surface area contributed by atoms with Crippen LogP contribution in [0.25, 0.3) is 0 Å². The highest BCUT2D eigenvalue weighted by Gasteiger charge is 2.57. The quantitative estimate of drug-likeness (QED) is 0.0559. The Morgan fingerprint density at radius 1 is 0.359 bits per heavy atom. The maximum atomic E-state index is 12.8. The minimum absolute atomic E-state index is 0.0394. The number of aliphatic hydroxyl groups is 1. The van der Waals surface area contributed by atoms with Gasteiger partial charge in [-0.1, -0.05) is 159 Å². The van der Waals surface area contributed by atoms with Gasteiger partial charge in [0.25, 0.3) is 0 Å². The number of hydrogen-bond acceptors (Lipinski definition) is 11. The average Bonchev–Trinajstić information content (AvgIpc) is 1.01. The van der Waals surface area contributed by atoms with E-state index < -0.39 is 35.6 Å². The van der Waals surface area contributed by atoms with E-state index in [4.69, 9.17) is 9.84 Å². The molecule has 8 bridgehead atoms. The minimum Gasteiger partial charge on any atom is -0.477 e. The van der Waals surface area contributed by atoms with E-state index in [2.05, 4.69) is 296 Å². The van der Waals surface area contributed by atoms with E-state index in [1.807, 2.05) is 0 Å². The number of ketones is 2. The van der Waals surface area contributed by atoms with E-state index in [0.717, 1.165) is 61.8 Å². The van der Waals surface area contributed by atoms with Crippen LogP contribution in [0.15, 0.2) is 319 Å². The average molecular weight is 1800 g/mol. The largest absolute Gasteiger partial charge is 0.477 e. The summed E-state index contributed by atoms with van der Waals surface area (Å²) in [4.78, 5) is 89.7. The topological polar surface area (TPSA) is 206 Å². The molecule has 8 aliphatic carbocycles. The molecule has 0 radical (unpaired) electrons. The number of rotatable bonds is 15. The summed E-state index contributed by atoms with van der Waals surface area (Å²) in [5, 5.41) is 16.9. The number of hydrogen-bond donors (Lipinski definition) is 2. The molecule has 128 heavy (non-hydrogen) atoms. The molecule has 0 spiro atoms. The van der Waals surface area contributed by atoms with Crippen LogP contribution in [-0.4, -0.2) is 105 Å². The summed E-state index contributed by atoms with van der Waals surface area (Å²) in [6.07, 6.45) is 22.3. The van der Waals surface area contributed by atoms with Crippen LogP contribution in [0.3, 0.4) is 0 Å².